The number of nitrogens with zero attached hydrogens (tertiary/aromatic N) is 4. The summed E-state index contributed by atoms with van der Waals surface area (Å²) in [5.41, 5.74) is -0.329. The van der Waals surface area contributed by atoms with E-state index in [0.29, 0.717) is 0 Å². The fourth-order valence-corrected chi connectivity index (χ4v) is 2.44. The Morgan fingerprint density at radius 2 is 2.21 bits per heavy atom. The second-order valence-corrected chi connectivity index (χ2v) is 5.42. The lowest BCUT2D eigenvalue weighted by atomic mass is 10.3. The first-order valence-electron chi connectivity index (χ1n) is 5.32. The van der Waals surface area contributed by atoms with Gasteiger partial charge in [0.1, 0.15) is 11.3 Å². The third-order valence-electron chi connectivity index (χ3n) is 2.32. The van der Waals surface area contributed by atoms with Gasteiger partial charge in [0.2, 0.25) is 11.0 Å². The molecular formula is C10H10ClN5O2S. The molecule has 0 radical (unpaired) electrons. The molecule has 100 valence electrons. The summed E-state index contributed by atoms with van der Waals surface area (Å²) in [7, 11) is 0. The number of thiazole rings is 1. The van der Waals surface area contributed by atoms with Crippen molar-refractivity contribution >= 4 is 34.4 Å². The zero-order valence-corrected chi connectivity index (χ0v) is 11.7. The molecule has 2 heterocycles. The van der Waals surface area contributed by atoms with Crippen LogP contribution in [0.5, 0.6) is 0 Å². The summed E-state index contributed by atoms with van der Waals surface area (Å²) >= 11 is 7.23. The van der Waals surface area contributed by atoms with Crippen LogP contribution in [0.3, 0.4) is 0 Å². The number of anilines is 1. The minimum atomic E-state index is -0.607. The number of hydrogen-bond donors (Lipinski definition) is 1. The van der Waals surface area contributed by atoms with E-state index in [4.69, 9.17) is 11.6 Å². The molecule has 0 spiro atoms. The van der Waals surface area contributed by atoms with Crippen molar-refractivity contribution in [1.82, 2.24) is 15.0 Å². The van der Waals surface area contributed by atoms with Gasteiger partial charge in [-0.15, -0.1) is 11.3 Å². The Morgan fingerprint density at radius 3 is 2.79 bits per heavy atom. The largest absolute Gasteiger partial charge is 0.355 e. The molecule has 0 aliphatic carbocycles. The molecule has 0 bridgehead atoms. The number of hydrogen-bond acceptors (Lipinski definition) is 7. The lowest BCUT2D eigenvalue weighted by Crippen LogP contribution is -2.10. The molecule has 2 aromatic heterocycles. The van der Waals surface area contributed by atoms with Crippen LogP contribution in [0, 0.1) is 17.0 Å². The van der Waals surface area contributed by atoms with E-state index in [1.165, 1.54) is 17.7 Å². The molecule has 0 fully saturated rings. The molecule has 19 heavy (non-hydrogen) atoms. The molecule has 0 aliphatic heterocycles. The van der Waals surface area contributed by atoms with Gasteiger partial charge >= 0.3 is 5.69 Å². The highest BCUT2D eigenvalue weighted by atomic mass is 35.5. The third kappa shape index (κ3) is 2.96. The summed E-state index contributed by atoms with van der Waals surface area (Å²) in [4.78, 5) is 23.1. The van der Waals surface area contributed by atoms with Gasteiger partial charge in [-0.25, -0.2) is 15.0 Å². The maximum Gasteiger partial charge on any atom is 0.348 e. The van der Waals surface area contributed by atoms with Crippen molar-refractivity contribution < 1.29 is 4.92 Å². The van der Waals surface area contributed by atoms with E-state index in [9.17, 15) is 10.1 Å². The highest BCUT2D eigenvalue weighted by Crippen LogP contribution is 2.31. The van der Waals surface area contributed by atoms with Gasteiger partial charge in [0, 0.05) is 11.1 Å². The van der Waals surface area contributed by atoms with Crippen LogP contribution < -0.4 is 5.32 Å². The van der Waals surface area contributed by atoms with E-state index < -0.39 is 4.92 Å². The van der Waals surface area contributed by atoms with Gasteiger partial charge in [0.15, 0.2) is 0 Å². The number of nitro groups is 1. The van der Waals surface area contributed by atoms with Gasteiger partial charge in [-0.1, -0.05) is 11.6 Å². The normalized spacial score (nSPS) is 12.2. The average Bonchev–Trinajstić information content (AvgIpc) is 2.75. The minimum absolute atomic E-state index is 0.0883. The predicted octanol–water partition coefficient (Wildman–Crippen LogP) is 2.98. The SMILES string of the molecule is Cc1cnc(C(C)Nc2ncnc(Cl)c2[N+](=O)[O-])s1. The predicted molar refractivity (Wildman–Crippen MR) is 72.6 cm³/mol. The Balaban J connectivity index is 2.28. The molecule has 0 amide bonds. The second kappa shape index (κ2) is 5.45. The van der Waals surface area contributed by atoms with Crippen LogP contribution in [-0.4, -0.2) is 19.9 Å². The summed E-state index contributed by atoms with van der Waals surface area (Å²) in [5, 5.41) is 14.5. The molecule has 1 N–H and O–H groups in total. The van der Waals surface area contributed by atoms with E-state index in [1.807, 2.05) is 13.8 Å². The molecule has 2 rings (SSSR count). The zero-order valence-electron chi connectivity index (χ0n) is 10.1. The maximum absolute atomic E-state index is 11.0. The topological polar surface area (TPSA) is 93.8 Å². The van der Waals surface area contributed by atoms with Crippen molar-refractivity contribution in [3.8, 4) is 0 Å². The molecule has 1 unspecified atom stereocenters. The quantitative estimate of drug-likeness (QED) is 0.530. The van der Waals surface area contributed by atoms with Crippen LogP contribution in [0.4, 0.5) is 11.5 Å². The first-order chi connectivity index (χ1) is 8.99. The van der Waals surface area contributed by atoms with Crippen LogP contribution >= 0.6 is 22.9 Å². The summed E-state index contributed by atoms with van der Waals surface area (Å²) in [6.45, 7) is 3.79. The molecule has 1 atom stereocenters. The van der Waals surface area contributed by atoms with E-state index in [0.717, 1.165) is 9.88 Å². The van der Waals surface area contributed by atoms with Gasteiger partial charge < -0.3 is 5.32 Å². The Hall–Kier alpha value is -1.80. The number of halogens is 1. The first kappa shape index (κ1) is 13.6. The summed E-state index contributed by atoms with van der Waals surface area (Å²) in [5.74, 6) is 0.0883. The van der Waals surface area contributed by atoms with E-state index >= 15 is 0 Å². The first-order valence-corrected chi connectivity index (χ1v) is 6.52. The standard InChI is InChI=1S/C10H10ClN5O2S/c1-5-3-12-10(19-5)6(2)15-9-7(16(17)18)8(11)13-4-14-9/h3-4,6H,1-2H3,(H,13,14,15). The molecule has 0 aromatic carbocycles. The summed E-state index contributed by atoms with van der Waals surface area (Å²) in [6.07, 6.45) is 2.93. The van der Waals surface area contributed by atoms with E-state index in [2.05, 4.69) is 20.3 Å². The van der Waals surface area contributed by atoms with Crippen LogP contribution in [-0.2, 0) is 0 Å². The summed E-state index contributed by atoms with van der Waals surface area (Å²) in [6, 6.07) is -0.205. The molecule has 0 saturated carbocycles. The number of aromatic nitrogens is 3. The van der Waals surface area contributed by atoms with Gasteiger partial charge in [0.25, 0.3) is 0 Å². The zero-order chi connectivity index (χ0) is 14.0. The van der Waals surface area contributed by atoms with Gasteiger partial charge in [0.05, 0.1) is 11.0 Å². The average molecular weight is 300 g/mol. The minimum Gasteiger partial charge on any atom is -0.355 e. The smallest absolute Gasteiger partial charge is 0.348 e. The van der Waals surface area contributed by atoms with E-state index in [-0.39, 0.29) is 22.7 Å². The van der Waals surface area contributed by atoms with Crippen LogP contribution in [0.25, 0.3) is 0 Å². The number of aryl methyl sites for hydroxylation is 1. The molecule has 0 aliphatic rings. The van der Waals surface area contributed by atoms with Gasteiger partial charge in [-0.3, -0.25) is 10.1 Å². The third-order valence-corrected chi connectivity index (χ3v) is 3.70. The maximum atomic E-state index is 11.0. The number of rotatable bonds is 4. The Morgan fingerprint density at radius 1 is 1.47 bits per heavy atom. The molecule has 0 saturated heterocycles. The summed E-state index contributed by atoms with van der Waals surface area (Å²) < 4.78 is 0. The fourth-order valence-electron chi connectivity index (χ4n) is 1.46. The van der Waals surface area contributed by atoms with Crippen molar-refractivity contribution in [1.29, 1.82) is 0 Å². The molecule has 9 heteroatoms. The van der Waals surface area contributed by atoms with Crippen molar-refractivity contribution in [3.05, 3.63) is 37.7 Å². The molecular weight excluding hydrogens is 290 g/mol. The lowest BCUT2D eigenvalue weighted by molar-refractivity contribution is -0.384. The number of nitrogens with one attached hydrogen (secondary N) is 1. The van der Waals surface area contributed by atoms with Crippen molar-refractivity contribution in [2.75, 3.05) is 5.32 Å². The van der Waals surface area contributed by atoms with E-state index in [1.54, 1.807) is 6.20 Å². The Labute approximate surface area is 117 Å². The van der Waals surface area contributed by atoms with Gasteiger partial charge in [-0.2, -0.15) is 0 Å². The Bertz CT molecular complexity index is 618. The van der Waals surface area contributed by atoms with Crippen molar-refractivity contribution in [3.63, 3.8) is 0 Å². The van der Waals surface area contributed by atoms with Crippen molar-refractivity contribution in [2.45, 2.75) is 19.9 Å². The highest BCUT2D eigenvalue weighted by molar-refractivity contribution is 7.11. The lowest BCUT2D eigenvalue weighted by Gasteiger charge is -2.11. The molecule has 2 aromatic rings. The highest BCUT2D eigenvalue weighted by Gasteiger charge is 2.23. The van der Waals surface area contributed by atoms with Gasteiger partial charge in [-0.05, 0) is 13.8 Å². The fraction of sp³-hybridized carbons (Fsp3) is 0.300. The Kier molecular flexibility index (Phi) is 3.91. The van der Waals surface area contributed by atoms with Crippen LogP contribution in [0.1, 0.15) is 22.9 Å². The van der Waals surface area contributed by atoms with Crippen molar-refractivity contribution in [2.24, 2.45) is 0 Å². The van der Waals surface area contributed by atoms with Crippen LogP contribution in [0.15, 0.2) is 12.5 Å². The monoisotopic (exact) mass is 299 g/mol. The second-order valence-electron chi connectivity index (χ2n) is 3.79. The van der Waals surface area contributed by atoms with Crippen LogP contribution in [0.2, 0.25) is 5.15 Å². The molecule has 7 nitrogen and oxygen atoms in total.